The summed E-state index contributed by atoms with van der Waals surface area (Å²) in [4.78, 5) is 10.4. The molecule has 1 rings (SSSR count). The van der Waals surface area contributed by atoms with Crippen molar-refractivity contribution in [1.82, 2.24) is 14.9 Å². The Balaban J connectivity index is 2.96. The molecule has 8 heteroatoms. The maximum absolute atomic E-state index is 11.6. The number of sulfonamides is 1. The first-order valence-electron chi connectivity index (χ1n) is 4.09. The van der Waals surface area contributed by atoms with E-state index >= 15 is 0 Å². The van der Waals surface area contributed by atoms with Crippen LogP contribution in [-0.2, 0) is 14.8 Å². The molecule has 0 aliphatic carbocycles. The summed E-state index contributed by atoms with van der Waals surface area (Å²) in [5.74, 6) is -1.24. The highest BCUT2D eigenvalue weighted by molar-refractivity contribution is 7.89. The van der Waals surface area contributed by atoms with E-state index in [0.29, 0.717) is 5.69 Å². The van der Waals surface area contributed by atoms with E-state index in [0.717, 1.165) is 6.20 Å². The third-order valence-corrected chi connectivity index (χ3v) is 3.43. The molecule has 0 aromatic carbocycles. The lowest BCUT2D eigenvalue weighted by molar-refractivity contribution is -0.138. The predicted molar refractivity (Wildman–Crippen MR) is 50.7 cm³/mol. The van der Waals surface area contributed by atoms with Gasteiger partial charge in [0.25, 0.3) is 0 Å². The first kappa shape index (κ1) is 11.7. The number of carboxylic acids is 1. The second-order valence-corrected chi connectivity index (χ2v) is 4.72. The maximum atomic E-state index is 11.6. The molecule has 1 aromatic heterocycles. The van der Waals surface area contributed by atoms with Crippen molar-refractivity contribution in [2.75, 3.05) is 0 Å². The topological polar surface area (TPSA) is 112 Å². The maximum Gasteiger partial charge on any atom is 0.321 e. The number of aliphatic carboxylic acids is 1. The van der Waals surface area contributed by atoms with Gasteiger partial charge in [-0.25, -0.2) is 8.42 Å². The minimum Gasteiger partial charge on any atom is -0.480 e. The van der Waals surface area contributed by atoms with Crippen LogP contribution in [0.25, 0.3) is 0 Å². The second kappa shape index (κ2) is 3.99. The van der Waals surface area contributed by atoms with E-state index in [1.807, 2.05) is 4.72 Å². The number of hydrogen-bond acceptors (Lipinski definition) is 4. The molecule has 3 N–H and O–H groups in total. The van der Waals surface area contributed by atoms with Crippen molar-refractivity contribution in [3.8, 4) is 0 Å². The molecule has 1 heterocycles. The molecule has 1 atom stereocenters. The highest BCUT2D eigenvalue weighted by atomic mass is 32.2. The van der Waals surface area contributed by atoms with Gasteiger partial charge >= 0.3 is 5.97 Å². The standard InChI is InChI=1S/C7H11N3O4S/c1-4-6(3-8-9-4)15(13,14)10-5(2)7(11)12/h3,5,10H,1-2H3,(H,8,9)(H,11,12)/t5-/m1/s1. The van der Waals surface area contributed by atoms with Gasteiger partial charge in [0.2, 0.25) is 10.0 Å². The van der Waals surface area contributed by atoms with Gasteiger partial charge in [0.15, 0.2) is 0 Å². The van der Waals surface area contributed by atoms with Gasteiger partial charge in [-0.2, -0.15) is 9.82 Å². The van der Waals surface area contributed by atoms with Crippen molar-refractivity contribution < 1.29 is 18.3 Å². The van der Waals surface area contributed by atoms with Crippen LogP contribution in [0.5, 0.6) is 0 Å². The highest BCUT2D eigenvalue weighted by Crippen LogP contribution is 2.11. The molecule has 84 valence electrons. The van der Waals surface area contributed by atoms with Gasteiger partial charge in [-0.1, -0.05) is 0 Å². The molecular weight excluding hydrogens is 222 g/mol. The molecule has 1 aromatic rings. The van der Waals surface area contributed by atoms with Gasteiger partial charge in [-0.05, 0) is 13.8 Å². The zero-order chi connectivity index (χ0) is 11.6. The summed E-state index contributed by atoms with van der Waals surface area (Å²) in [5.41, 5.74) is 0.361. The Morgan fingerprint density at radius 1 is 1.67 bits per heavy atom. The number of aryl methyl sites for hydroxylation is 1. The Morgan fingerprint density at radius 3 is 2.67 bits per heavy atom. The first-order chi connectivity index (χ1) is 6.84. The molecule has 7 nitrogen and oxygen atoms in total. The molecule has 0 spiro atoms. The van der Waals surface area contributed by atoms with Crippen molar-refractivity contribution in [2.24, 2.45) is 0 Å². The number of rotatable bonds is 4. The third kappa shape index (κ3) is 2.54. The fraction of sp³-hybridized carbons (Fsp3) is 0.429. The molecule has 15 heavy (non-hydrogen) atoms. The average Bonchev–Trinajstić information content (AvgIpc) is 2.50. The van der Waals surface area contributed by atoms with E-state index in [9.17, 15) is 13.2 Å². The molecule has 0 aliphatic rings. The quantitative estimate of drug-likeness (QED) is 0.647. The van der Waals surface area contributed by atoms with Crippen LogP contribution in [0.3, 0.4) is 0 Å². The van der Waals surface area contributed by atoms with Crippen molar-refractivity contribution in [3.05, 3.63) is 11.9 Å². The van der Waals surface area contributed by atoms with Crippen LogP contribution in [0.1, 0.15) is 12.6 Å². The molecule has 0 bridgehead atoms. The fourth-order valence-corrected chi connectivity index (χ4v) is 2.29. The number of nitrogens with zero attached hydrogens (tertiary/aromatic N) is 1. The van der Waals surface area contributed by atoms with E-state index in [1.165, 1.54) is 13.8 Å². The van der Waals surface area contributed by atoms with Gasteiger partial charge in [-0.3, -0.25) is 9.89 Å². The number of carboxylic acid groups (broad SMARTS) is 1. The Bertz CT molecular complexity index is 464. The first-order valence-corrected chi connectivity index (χ1v) is 5.58. The number of hydrogen-bond donors (Lipinski definition) is 3. The van der Waals surface area contributed by atoms with Crippen LogP contribution >= 0.6 is 0 Å². The van der Waals surface area contributed by atoms with Gasteiger partial charge in [-0.15, -0.1) is 0 Å². The van der Waals surface area contributed by atoms with Crippen LogP contribution in [0.15, 0.2) is 11.1 Å². The van der Waals surface area contributed by atoms with Crippen LogP contribution in [0, 0.1) is 6.92 Å². The second-order valence-electron chi connectivity index (χ2n) is 3.04. The SMILES string of the molecule is Cc1[nH]ncc1S(=O)(=O)N[C@H](C)C(=O)O. The summed E-state index contributed by atoms with van der Waals surface area (Å²) < 4.78 is 25.2. The van der Waals surface area contributed by atoms with Gasteiger partial charge in [0.1, 0.15) is 10.9 Å². The van der Waals surface area contributed by atoms with E-state index in [1.54, 1.807) is 0 Å². The summed E-state index contributed by atoms with van der Waals surface area (Å²) in [7, 11) is -3.82. The Kier molecular flexibility index (Phi) is 3.10. The van der Waals surface area contributed by atoms with Crippen molar-refractivity contribution in [2.45, 2.75) is 24.8 Å². The van der Waals surface area contributed by atoms with Crippen molar-refractivity contribution in [3.63, 3.8) is 0 Å². The molecule has 0 saturated carbocycles. The van der Waals surface area contributed by atoms with Gasteiger partial charge in [0, 0.05) is 0 Å². The lowest BCUT2D eigenvalue weighted by Gasteiger charge is -2.08. The summed E-state index contributed by atoms with van der Waals surface area (Å²) in [6.07, 6.45) is 1.13. The van der Waals surface area contributed by atoms with Gasteiger partial charge in [0.05, 0.1) is 11.9 Å². The molecule has 0 saturated heterocycles. The summed E-state index contributed by atoms with van der Waals surface area (Å²) in [5, 5.41) is 14.6. The Labute approximate surface area is 86.6 Å². The minimum absolute atomic E-state index is 0.0457. The molecule has 0 fully saturated rings. The molecule has 0 aliphatic heterocycles. The monoisotopic (exact) mass is 233 g/mol. The molecule has 0 radical (unpaired) electrons. The average molecular weight is 233 g/mol. The van der Waals surface area contributed by atoms with E-state index in [2.05, 4.69) is 10.2 Å². The fourth-order valence-electron chi connectivity index (χ4n) is 0.957. The smallest absolute Gasteiger partial charge is 0.321 e. The number of nitrogens with one attached hydrogen (secondary N) is 2. The van der Waals surface area contributed by atoms with E-state index in [-0.39, 0.29) is 4.90 Å². The summed E-state index contributed by atoms with van der Waals surface area (Å²) in [6, 6.07) is -1.18. The summed E-state index contributed by atoms with van der Waals surface area (Å²) >= 11 is 0. The number of carbonyl (C=O) groups is 1. The van der Waals surface area contributed by atoms with Crippen LogP contribution in [0.4, 0.5) is 0 Å². The largest absolute Gasteiger partial charge is 0.480 e. The predicted octanol–water partition coefficient (Wildman–Crippen LogP) is -0.530. The highest BCUT2D eigenvalue weighted by Gasteiger charge is 2.23. The zero-order valence-electron chi connectivity index (χ0n) is 8.18. The molecular formula is C7H11N3O4S. The minimum atomic E-state index is -3.82. The lowest BCUT2D eigenvalue weighted by Crippen LogP contribution is -2.38. The molecule has 0 amide bonds. The number of aromatic nitrogens is 2. The summed E-state index contributed by atoms with van der Waals surface area (Å²) in [6.45, 7) is 2.78. The van der Waals surface area contributed by atoms with Crippen molar-refractivity contribution >= 4 is 16.0 Å². The van der Waals surface area contributed by atoms with Gasteiger partial charge < -0.3 is 5.11 Å². The van der Waals surface area contributed by atoms with Crippen molar-refractivity contribution in [1.29, 1.82) is 0 Å². The van der Waals surface area contributed by atoms with Crippen LogP contribution in [-0.4, -0.2) is 35.7 Å². The third-order valence-electron chi connectivity index (χ3n) is 1.78. The normalized spacial score (nSPS) is 13.7. The Hall–Kier alpha value is -1.41. The van der Waals surface area contributed by atoms with Crippen LogP contribution < -0.4 is 4.72 Å². The number of H-pyrrole nitrogens is 1. The Morgan fingerprint density at radius 2 is 2.27 bits per heavy atom. The van der Waals surface area contributed by atoms with E-state index < -0.39 is 22.0 Å². The van der Waals surface area contributed by atoms with E-state index in [4.69, 9.17) is 5.11 Å². The lowest BCUT2D eigenvalue weighted by atomic mass is 10.4. The molecule has 0 unspecified atom stereocenters. The number of aromatic amines is 1. The zero-order valence-corrected chi connectivity index (χ0v) is 9.00. The van der Waals surface area contributed by atoms with Crippen LogP contribution in [0.2, 0.25) is 0 Å².